The number of nitrogens with zero attached hydrogens (tertiary/aromatic N) is 4. The van der Waals surface area contributed by atoms with E-state index in [9.17, 15) is 0 Å². The number of benzene rings is 1. The highest BCUT2D eigenvalue weighted by atomic mass is 127. The van der Waals surface area contributed by atoms with E-state index in [0.717, 1.165) is 36.9 Å². The molecule has 0 amide bonds. The summed E-state index contributed by atoms with van der Waals surface area (Å²) >= 11 is 5.86. The molecule has 0 atom stereocenters. The average molecular weight is 478 g/mol. The minimum absolute atomic E-state index is 0. The van der Waals surface area contributed by atoms with Crippen LogP contribution in [-0.4, -0.2) is 54.4 Å². The van der Waals surface area contributed by atoms with Crippen LogP contribution >= 0.6 is 35.6 Å². The molecule has 2 rings (SSSR count). The molecule has 0 aliphatic rings. The van der Waals surface area contributed by atoms with E-state index in [4.69, 9.17) is 16.3 Å². The highest BCUT2D eigenvalue weighted by molar-refractivity contribution is 14.0. The Bertz CT molecular complexity index is 659. The van der Waals surface area contributed by atoms with Crippen molar-refractivity contribution in [2.24, 2.45) is 4.99 Å². The number of halogens is 2. The van der Waals surface area contributed by atoms with Crippen LogP contribution in [0.2, 0.25) is 5.02 Å². The van der Waals surface area contributed by atoms with E-state index < -0.39 is 0 Å². The topological polar surface area (TPSA) is 54.7 Å². The Morgan fingerprint density at radius 2 is 2.08 bits per heavy atom. The summed E-state index contributed by atoms with van der Waals surface area (Å²) in [4.78, 5) is 6.32. The maximum Gasteiger partial charge on any atom is 0.193 e. The van der Waals surface area contributed by atoms with Crippen molar-refractivity contribution in [2.45, 2.75) is 13.5 Å². The lowest BCUT2D eigenvalue weighted by Gasteiger charge is -2.22. The number of hydrogen-bond donors (Lipinski definition) is 1. The quantitative estimate of drug-likeness (QED) is 0.378. The van der Waals surface area contributed by atoms with Gasteiger partial charge < -0.3 is 15.0 Å². The van der Waals surface area contributed by atoms with Gasteiger partial charge in [0, 0.05) is 31.9 Å². The standard InChI is InChI=1S/C17H24ClN5O.HI/c1-14-12-21-23(13-14)9-8-20-17(19-2)22(3)10-11-24-16-6-4-15(18)5-7-16;/h4-7,12-13H,8-11H2,1-3H3,(H,19,20);1H. The van der Waals surface area contributed by atoms with Gasteiger partial charge in [-0.2, -0.15) is 5.10 Å². The lowest BCUT2D eigenvalue weighted by molar-refractivity contribution is 0.281. The monoisotopic (exact) mass is 477 g/mol. The molecule has 0 saturated heterocycles. The fourth-order valence-electron chi connectivity index (χ4n) is 2.19. The van der Waals surface area contributed by atoms with E-state index >= 15 is 0 Å². The molecule has 138 valence electrons. The molecule has 2 aromatic rings. The molecule has 8 heteroatoms. The third-order valence-electron chi connectivity index (χ3n) is 3.47. The van der Waals surface area contributed by atoms with Crippen molar-refractivity contribution in [1.29, 1.82) is 0 Å². The molecule has 0 aliphatic carbocycles. The second-order valence-electron chi connectivity index (χ2n) is 5.48. The predicted octanol–water partition coefficient (Wildman–Crippen LogP) is 3.05. The fraction of sp³-hybridized carbons (Fsp3) is 0.412. The van der Waals surface area contributed by atoms with Crippen LogP contribution in [0.1, 0.15) is 5.56 Å². The summed E-state index contributed by atoms with van der Waals surface area (Å²) < 4.78 is 7.62. The number of rotatable bonds is 7. The lowest BCUT2D eigenvalue weighted by atomic mass is 10.3. The Balaban J connectivity index is 0.00000312. The summed E-state index contributed by atoms with van der Waals surface area (Å²) in [6.07, 6.45) is 3.88. The van der Waals surface area contributed by atoms with E-state index in [1.54, 1.807) is 7.05 Å². The zero-order chi connectivity index (χ0) is 17.4. The molecule has 1 aromatic heterocycles. The molecule has 0 spiro atoms. The Labute approximate surface area is 171 Å². The van der Waals surface area contributed by atoms with Gasteiger partial charge in [0.2, 0.25) is 0 Å². The third-order valence-corrected chi connectivity index (χ3v) is 3.72. The SMILES string of the molecule is CN=C(NCCn1cc(C)cn1)N(C)CCOc1ccc(Cl)cc1.I. The zero-order valence-corrected chi connectivity index (χ0v) is 17.9. The minimum atomic E-state index is 0. The maximum absolute atomic E-state index is 5.86. The Hall–Kier alpha value is -1.48. The van der Waals surface area contributed by atoms with Gasteiger partial charge in [-0.3, -0.25) is 9.67 Å². The molecule has 1 heterocycles. The van der Waals surface area contributed by atoms with Gasteiger partial charge in [0.25, 0.3) is 0 Å². The molecule has 0 unspecified atom stereocenters. The van der Waals surface area contributed by atoms with Gasteiger partial charge in [-0.1, -0.05) is 11.6 Å². The van der Waals surface area contributed by atoms with Gasteiger partial charge >= 0.3 is 0 Å². The molecule has 0 radical (unpaired) electrons. The van der Waals surface area contributed by atoms with E-state index in [1.807, 2.05) is 60.2 Å². The van der Waals surface area contributed by atoms with Crippen molar-refractivity contribution < 1.29 is 4.74 Å². The van der Waals surface area contributed by atoms with E-state index in [1.165, 1.54) is 0 Å². The van der Waals surface area contributed by atoms with Gasteiger partial charge in [0.15, 0.2) is 5.96 Å². The number of guanidine groups is 1. The molecule has 6 nitrogen and oxygen atoms in total. The lowest BCUT2D eigenvalue weighted by Crippen LogP contribution is -2.42. The van der Waals surface area contributed by atoms with E-state index in [-0.39, 0.29) is 24.0 Å². The summed E-state index contributed by atoms with van der Waals surface area (Å²) in [5.41, 5.74) is 1.16. The molecule has 0 fully saturated rings. The maximum atomic E-state index is 5.86. The molecule has 1 N–H and O–H groups in total. The van der Waals surface area contributed by atoms with Crippen molar-refractivity contribution in [2.75, 3.05) is 33.8 Å². The molecule has 1 aromatic carbocycles. The highest BCUT2D eigenvalue weighted by Crippen LogP contribution is 2.15. The molecule has 0 aliphatic heterocycles. The zero-order valence-electron chi connectivity index (χ0n) is 14.8. The Morgan fingerprint density at radius 3 is 2.68 bits per heavy atom. The molecular weight excluding hydrogens is 453 g/mol. The number of aromatic nitrogens is 2. The van der Waals surface area contributed by atoms with Crippen molar-refractivity contribution >= 4 is 41.5 Å². The fourth-order valence-corrected chi connectivity index (χ4v) is 2.32. The molecule has 25 heavy (non-hydrogen) atoms. The van der Waals surface area contributed by atoms with Crippen LogP contribution in [0.3, 0.4) is 0 Å². The number of nitrogens with one attached hydrogen (secondary N) is 1. The van der Waals surface area contributed by atoms with Gasteiger partial charge in [0.1, 0.15) is 12.4 Å². The molecule has 0 saturated carbocycles. The van der Waals surface area contributed by atoms with Gasteiger partial charge in [-0.25, -0.2) is 0 Å². The first-order chi connectivity index (χ1) is 11.6. The van der Waals surface area contributed by atoms with Crippen LogP contribution in [0.5, 0.6) is 5.75 Å². The summed E-state index contributed by atoms with van der Waals surface area (Å²) in [5.74, 6) is 1.64. The first kappa shape index (κ1) is 21.6. The van der Waals surface area contributed by atoms with Crippen molar-refractivity contribution in [3.8, 4) is 5.75 Å². The smallest absolute Gasteiger partial charge is 0.193 e. The number of hydrogen-bond acceptors (Lipinski definition) is 3. The number of aliphatic imine (C=N–C) groups is 1. The second-order valence-corrected chi connectivity index (χ2v) is 5.92. The van der Waals surface area contributed by atoms with Crippen LogP contribution in [0, 0.1) is 6.92 Å². The van der Waals surface area contributed by atoms with Crippen LogP contribution < -0.4 is 10.1 Å². The van der Waals surface area contributed by atoms with Crippen molar-refractivity contribution in [3.63, 3.8) is 0 Å². The summed E-state index contributed by atoms with van der Waals surface area (Å²) in [7, 11) is 3.76. The van der Waals surface area contributed by atoms with Crippen molar-refractivity contribution in [3.05, 3.63) is 47.2 Å². The summed E-state index contributed by atoms with van der Waals surface area (Å²) in [6, 6.07) is 7.36. The highest BCUT2D eigenvalue weighted by Gasteiger charge is 2.06. The van der Waals surface area contributed by atoms with Crippen LogP contribution in [0.4, 0.5) is 0 Å². The number of likely N-dealkylation sites (N-methyl/N-ethyl adjacent to an activating group) is 1. The Morgan fingerprint density at radius 1 is 1.36 bits per heavy atom. The summed E-state index contributed by atoms with van der Waals surface area (Å²) in [6.45, 7) is 4.88. The Kier molecular flexibility index (Phi) is 9.66. The van der Waals surface area contributed by atoms with E-state index in [0.29, 0.717) is 11.6 Å². The first-order valence-corrected chi connectivity index (χ1v) is 8.25. The molecule has 0 bridgehead atoms. The average Bonchev–Trinajstić information content (AvgIpc) is 2.98. The number of ether oxygens (including phenoxy) is 1. The normalized spacial score (nSPS) is 11.0. The van der Waals surface area contributed by atoms with Gasteiger partial charge in [0.05, 0.1) is 19.3 Å². The third kappa shape index (κ3) is 7.52. The van der Waals surface area contributed by atoms with Gasteiger partial charge in [-0.05, 0) is 36.8 Å². The van der Waals surface area contributed by atoms with Crippen molar-refractivity contribution in [1.82, 2.24) is 20.0 Å². The summed E-state index contributed by atoms with van der Waals surface area (Å²) in [5, 5.41) is 8.30. The van der Waals surface area contributed by atoms with Crippen LogP contribution in [0.25, 0.3) is 0 Å². The van der Waals surface area contributed by atoms with Gasteiger partial charge in [-0.15, -0.1) is 24.0 Å². The largest absolute Gasteiger partial charge is 0.492 e. The first-order valence-electron chi connectivity index (χ1n) is 7.87. The minimum Gasteiger partial charge on any atom is -0.492 e. The van der Waals surface area contributed by atoms with E-state index in [2.05, 4.69) is 15.4 Å². The van der Waals surface area contributed by atoms with Crippen LogP contribution in [0.15, 0.2) is 41.7 Å². The second kappa shape index (κ2) is 11.2. The molecular formula is C17H25ClIN5O. The van der Waals surface area contributed by atoms with Crippen LogP contribution in [-0.2, 0) is 6.54 Å². The number of aryl methyl sites for hydroxylation is 1. The predicted molar refractivity (Wildman–Crippen MR) is 113 cm³/mol.